The molecule has 138 heavy (non-hydrogen) atoms. The van der Waals surface area contributed by atoms with Gasteiger partial charge in [-0.2, -0.15) is 0 Å². The number of fused-ring (bicyclic) bond motifs is 12. The molecule has 12 aromatic carbocycles. The second kappa shape index (κ2) is 39.5. The van der Waals surface area contributed by atoms with Crippen LogP contribution >= 0.6 is 58.8 Å². The van der Waals surface area contributed by atoms with E-state index in [1.54, 1.807) is 44.3 Å². The minimum atomic E-state index is -1.78. The van der Waals surface area contributed by atoms with Crippen molar-refractivity contribution < 1.29 is 41.6 Å². The smallest absolute Gasteiger partial charge is 0.216 e. The van der Waals surface area contributed by atoms with Crippen molar-refractivity contribution in [2.75, 3.05) is 0 Å². The van der Waals surface area contributed by atoms with Gasteiger partial charge in [0.25, 0.3) is 0 Å². The Hall–Kier alpha value is -12.9. The van der Waals surface area contributed by atoms with Crippen LogP contribution in [0.1, 0.15) is 69.5 Å². The van der Waals surface area contributed by atoms with Crippen molar-refractivity contribution in [3.05, 3.63) is 420 Å². The van der Waals surface area contributed by atoms with Gasteiger partial charge in [0.1, 0.15) is 87.2 Å². The van der Waals surface area contributed by atoms with Crippen molar-refractivity contribution in [1.82, 2.24) is 0 Å². The van der Waals surface area contributed by atoms with Crippen molar-refractivity contribution in [3.63, 3.8) is 0 Å². The van der Waals surface area contributed by atoms with Gasteiger partial charge in [-0.15, -0.1) is 0 Å². The summed E-state index contributed by atoms with van der Waals surface area (Å²) in [5, 5.41) is 6.62. The monoisotopic (exact) mass is 1930 g/mol. The molecule has 0 atom stereocenters. The summed E-state index contributed by atoms with van der Waals surface area (Å²) in [5.74, 6) is 5.72. The van der Waals surface area contributed by atoms with Gasteiger partial charge in [0.05, 0.1) is 47.4 Å². The normalized spacial score (nSPS) is 13.6. The SMILES string of the molecule is Cc1ccc2c(c1-c1cccc[n+]1C)C(C)(C)c1ccccc1S2.Cc1ccc2c(c1-c1cccc[n+]1C)Cc1ccccc1O2.Cc1ccc2c(c1-c1cccc[n+]1C)Oc1ccccc1S2.Cc1ccc2c(c1-c1cccc[n+]1C)Sc1ccccc1O2.Cc1ccc2c(c1-c1cccc[n+]1C)Sc1ccccc1S2.Cc1ccc2c(c1-c1cccc[n+]1C)[Si](C)(C)c1ccccc1[Si]2(C)C. The van der Waals surface area contributed by atoms with Gasteiger partial charge in [0.2, 0.25) is 34.2 Å². The number of pyridine rings is 6. The predicted molar refractivity (Wildman–Crippen MR) is 575 cm³/mol. The van der Waals surface area contributed by atoms with Gasteiger partial charge in [0, 0.05) is 125 Å². The molecule has 0 bridgehead atoms. The predicted octanol–water partition coefficient (Wildman–Crippen LogP) is 26.5. The van der Waals surface area contributed by atoms with Gasteiger partial charge in [-0.1, -0.05) is 254 Å². The van der Waals surface area contributed by atoms with Crippen LogP contribution in [0.25, 0.3) is 67.5 Å². The molecule has 9 nitrogen and oxygen atoms in total. The molecule has 0 fully saturated rings. The Bertz CT molecular complexity index is 7220. The minimum Gasteiger partial charge on any atom is -0.457 e. The van der Waals surface area contributed by atoms with E-state index in [2.05, 4.69) is 461 Å². The second-order valence-electron chi connectivity index (χ2n) is 37.8. The Kier molecular flexibility index (Phi) is 27.0. The lowest BCUT2D eigenvalue weighted by atomic mass is 9.74. The van der Waals surface area contributed by atoms with Crippen LogP contribution in [0.3, 0.4) is 0 Å². The van der Waals surface area contributed by atoms with E-state index in [1.165, 1.54) is 166 Å². The Balaban J connectivity index is 0.000000106. The summed E-state index contributed by atoms with van der Waals surface area (Å²) >= 11 is 9.23. The lowest BCUT2D eigenvalue weighted by molar-refractivity contribution is -0.660. The van der Waals surface area contributed by atoms with Crippen molar-refractivity contribution >= 4 is 95.7 Å². The highest BCUT2D eigenvalue weighted by atomic mass is 32.2. The molecule has 6 aliphatic rings. The van der Waals surface area contributed by atoms with Crippen molar-refractivity contribution in [2.45, 2.75) is 142 Å². The third-order valence-corrected chi connectivity index (χ3v) is 41.1. The Morgan fingerprint density at radius 1 is 0.254 bits per heavy atom. The fourth-order valence-corrected chi connectivity index (χ4v) is 36.1. The zero-order valence-corrected chi connectivity index (χ0v) is 87.9. The van der Waals surface area contributed by atoms with Crippen LogP contribution in [0.2, 0.25) is 26.2 Å². The molecule has 0 spiro atoms. The zero-order valence-electron chi connectivity index (χ0n) is 81.8. The lowest BCUT2D eigenvalue weighted by Gasteiger charge is -2.43. The first-order chi connectivity index (χ1) is 66.7. The molecule has 0 amide bonds. The van der Waals surface area contributed by atoms with Gasteiger partial charge in [-0.05, 0) is 212 Å². The average Bonchev–Trinajstić information content (AvgIpc) is 0.734. The summed E-state index contributed by atoms with van der Waals surface area (Å²) < 4.78 is 31.7. The standard InChI is InChI=1S/C23H28NSi2.C22H22NS.C20H18NO.2C19H16NOS.C19H16NS2/c1-17-14-15-21-23(22(17)18-11-9-10-16-24(18)2)26(5,6)20-13-8-7-12-19(20)25(21,3)4;1-15-12-13-19-21(20(15)17-10-7-8-14-23(17)4)22(2,3)16-9-5-6-11-18(16)24-19;1-14-10-11-19-16(13-15-7-3-4-9-18(15)22-19)20(14)17-8-5-6-12-21(17)2;1-13-10-11-16-19(18(13)14-7-5-6-12-20(14)2)22-17-9-4-3-8-15(17)21-16;1-13-10-11-17-19(18(13)14-7-5-6-12-20(14)2)21-15-8-3-4-9-16(15)22-17;1-13-10-11-17-19(18(13)14-7-5-6-12-20(14)2)22-16-9-4-3-8-15(16)21-17/h7-16H,1-6H3;5-14H,1-4H3;3-12H,13H2,1-2H3;3*3-12H,1-2H3/q6*+1. The summed E-state index contributed by atoms with van der Waals surface area (Å²) in [7, 11) is 9.17. The minimum absolute atomic E-state index is 0.0125. The average molecular weight is 1930 g/mol. The topological polar surface area (TPSA) is 51.0 Å². The van der Waals surface area contributed by atoms with Crippen molar-refractivity contribution in [2.24, 2.45) is 42.3 Å². The molecule has 12 heterocycles. The first-order valence-corrected chi connectivity index (χ1v) is 57.3. The number of hydrogen-bond donors (Lipinski definition) is 0. The summed E-state index contributed by atoms with van der Waals surface area (Å²) in [4.78, 5) is 12.9. The van der Waals surface area contributed by atoms with E-state index in [4.69, 9.17) is 14.2 Å². The molecule has 0 N–H and O–H groups in total. The molecule has 18 aromatic rings. The van der Waals surface area contributed by atoms with E-state index >= 15 is 0 Å². The highest BCUT2D eigenvalue weighted by Crippen LogP contribution is 2.57. The van der Waals surface area contributed by atoms with Crippen LogP contribution in [-0.2, 0) is 54.1 Å². The molecule has 24 rings (SSSR count). The fraction of sp³-hybridized carbons (Fsp3) is 0.164. The first kappa shape index (κ1) is 94.1. The molecule has 0 aliphatic carbocycles. The molecule has 6 aromatic heterocycles. The van der Waals surface area contributed by atoms with Crippen LogP contribution < -0.4 is 62.4 Å². The van der Waals surface area contributed by atoms with Crippen LogP contribution in [-0.4, -0.2) is 16.1 Å². The van der Waals surface area contributed by atoms with Gasteiger partial charge in [-0.3, -0.25) is 0 Å². The van der Waals surface area contributed by atoms with E-state index in [1.807, 2.05) is 89.9 Å². The number of rotatable bonds is 6. The van der Waals surface area contributed by atoms with Crippen molar-refractivity contribution in [1.29, 1.82) is 0 Å². The maximum Gasteiger partial charge on any atom is 0.216 e. The second-order valence-corrected chi connectivity index (χ2v) is 51.8. The third kappa shape index (κ3) is 18.3. The maximum absolute atomic E-state index is 6.26. The molecule has 16 heteroatoms. The maximum atomic E-state index is 6.26. The number of hydrogen-bond acceptors (Lipinski definition) is 8. The molecule has 0 unspecified atom stereocenters. The van der Waals surface area contributed by atoms with Crippen molar-refractivity contribution in [3.8, 4) is 102 Å². The molecule has 0 radical (unpaired) electrons. The molecule has 684 valence electrons. The molecular formula is C122H116N6O3S5Si2+6. The van der Waals surface area contributed by atoms with Gasteiger partial charge in [0.15, 0.2) is 42.9 Å². The number of benzene rings is 12. The fourth-order valence-electron chi connectivity index (χ4n) is 20.3. The van der Waals surface area contributed by atoms with Gasteiger partial charge < -0.3 is 14.2 Å². The van der Waals surface area contributed by atoms with Crippen LogP contribution in [0, 0.1) is 41.5 Å². The molecule has 0 saturated carbocycles. The van der Waals surface area contributed by atoms with E-state index in [0.29, 0.717) is 0 Å². The first-order valence-electron chi connectivity index (χ1n) is 47.2. The van der Waals surface area contributed by atoms with Crippen LogP contribution in [0.15, 0.2) is 414 Å². The van der Waals surface area contributed by atoms with Gasteiger partial charge >= 0.3 is 0 Å². The Morgan fingerprint density at radius 3 is 1.17 bits per heavy atom. The largest absolute Gasteiger partial charge is 0.457 e. The van der Waals surface area contributed by atoms with E-state index in [9.17, 15) is 0 Å². The molecular weight excluding hydrogens is 1810 g/mol. The number of para-hydroxylation sites is 3. The molecule has 0 saturated heterocycles. The lowest BCUT2D eigenvalue weighted by Crippen LogP contribution is -2.78. The molecule has 6 aliphatic heterocycles. The van der Waals surface area contributed by atoms with E-state index in [0.717, 1.165) is 46.6 Å². The van der Waals surface area contributed by atoms with Crippen LogP contribution in [0.5, 0.6) is 34.5 Å². The third-order valence-electron chi connectivity index (χ3n) is 27.5. The zero-order chi connectivity index (χ0) is 96.0. The van der Waals surface area contributed by atoms with E-state index < -0.39 is 16.1 Å². The summed E-state index contributed by atoms with van der Waals surface area (Å²) in [6.45, 7) is 28.0. The number of nitrogens with zero attached hydrogens (tertiary/aromatic N) is 6. The summed E-state index contributed by atoms with van der Waals surface area (Å²) in [5.41, 5.74) is 28.6. The highest BCUT2D eigenvalue weighted by Gasteiger charge is 2.47. The summed E-state index contributed by atoms with van der Waals surface area (Å²) in [6.07, 6.45) is 13.6. The van der Waals surface area contributed by atoms with E-state index in [-0.39, 0.29) is 5.41 Å². The Labute approximate surface area is 837 Å². The number of aryl methyl sites for hydroxylation is 12. The van der Waals surface area contributed by atoms with Crippen LogP contribution in [0.4, 0.5) is 0 Å². The highest BCUT2D eigenvalue weighted by molar-refractivity contribution is 8.05. The summed E-state index contributed by atoms with van der Waals surface area (Å²) in [6, 6.07) is 116. The number of ether oxygens (including phenoxy) is 3. The quantitative estimate of drug-likeness (QED) is 0.121. The number of aromatic nitrogens is 6. The van der Waals surface area contributed by atoms with Gasteiger partial charge in [-0.25, -0.2) is 27.4 Å². The Morgan fingerprint density at radius 2 is 0.609 bits per heavy atom.